The van der Waals surface area contributed by atoms with E-state index in [1.54, 1.807) is 62.1 Å². The molecule has 7 nitrogen and oxygen atoms in total. The highest BCUT2D eigenvalue weighted by atomic mass is 19.1. The molecule has 0 spiro atoms. The quantitative estimate of drug-likeness (QED) is 0.507. The number of ether oxygens (including phenoxy) is 1. The van der Waals surface area contributed by atoms with Gasteiger partial charge in [-0.15, -0.1) is 0 Å². The molecule has 0 aliphatic heterocycles. The Hall–Kier alpha value is -4.33. The van der Waals surface area contributed by atoms with Crippen LogP contribution in [0.15, 0.2) is 73.3 Å². The van der Waals surface area contributed by atoms with E-state index in [2.05, 4.69) is 20.3 Å². The van der Waals surface area contributed by atoms with Crippen LogP contribution < -0.4 is 15.8 Å². The average molecular weight is 415 g/mol. The summed E-state index contributed by atoms with van der Waals surface area (Å²) in [7, 11) is 1.55. The summed E-state index contributed by atoms with van der Waals surface area (Å²) >= 11 is 0. The van der Waals surface area contributed by atoms with Crippen molar-refractivity contribution in [1.29, 1.82) is 0 Å². The maximum atomic E-state index is 14.2. The standard InChI is InChI=1S/C23H18FN5O2/c1-31-21-9-11-26-12-16(21)14-8-10-27-13-20(14)29-23(30)22-18(25)6-7-19(28-22)15-4-2-3-5-17(15)24/h2-13H,25H2,1H3,(H,29,30). The number of hydrogen-bond acceptors (Lipinski definition) is 6. The van der Waals surface area contributed by atoms with Crippen molar-refractivity contribution in [2.75, 3.05) is 18.2 Å². The van der Waals surface area contributed by atoms with Crippen molar-refractivity contribution in [3.8, 4) is 28.1 Å². The zero-order valence-corrected chi connectivity index (χ0v) is 16.5. The minimum absolute atomic E-state index is 0.0197. The van der Waals surface area contributed by atoms with Gasteiger partial charge in [-0.3, -0.25) is 14.8 Å². The Bertz CT molecular complexity index is 1260. The van der Waals surface area contributed by atoms with Gasteiger partial charge in [-0.1, -0.05) is 12.1 Å². The molecule has 0 saturated carbocycles. The topological polar surface area (TPSA) is 103 Å². The van der Waals surface area contributed by atoms with Gasteiger partial charge in [-0.25, -0.2) is 9.37 Å². The van der Waals surface area contributed by atoms with E-state index in [-0.39, 0.29) is 16.9 Å². The molecule has 3 heterocycles. The molecule has 3 aromatic heterocycles. The first kappa shape index (κ1) is 20.0. The van der Waals surface area contributed by atoms with Gasteiger partial charge in [-0.2, -0.15) is 0 Å². The summed E-state index contributed by atoms with van der Waals surface area (Å²) in [5, 5.41) is 2.79. The van der Waals surface area contributed by atoms with Crippen LogP contribution in [-0.2, 0) is 0 Å². The number of benzene rings is 1. The fraction of sp³-hybridized carbons (Fsp3) is 0.0435. The molecule has 4 aromatic rings. The molecule has 0 atom stereocenters. The highest BCUT2D eigenvalue weighted by Gasteiger charge is 2.18. The lowest BCUT2D eigenvalue weighted by molar-refractivity contribution is 0.102. The van der Waals surface area contributed by atoms with E-state index in [4.69, 9.17) is 10.5 Å². The number of methoxy groups -OCH3 is 1. The summed E-state index contributed by atoms with van der Waals surface area (Å²) in [6.07, 6.45) is 6.36. The van der Waals surface area contributed by atoms with E-state index in [0.29, 0.717) is 28.3 Å². The first-order valence-corrected chi connectivity index (χ1v) is 9.33. The second kappa shape index (κ2) is 8.58. The van der Waals surface area contributed by atoms with Crippen molar-refractivity contribution < 1.29 is 13.9 Å². The Morgan fingerprint density at radius 2 is 1.74 bits per heavy atom. The Morgan fingerprint density at radius 3 is 2.55 bits per heavy atom. The molecule has 0 fully saturated rings. The van der Waals surface area contributed by atoms with Gasteiger partial charge in [0.15, 0.2) is 5.69 Å². The van der Waals surface area contributed by atoms with Crippen LogP contribution in [0.4, 0.5) is 15.8 Å². The number of nitrogen functional groups attached to an aromatic ring is 1. The van der Waals surface area contributed by atoms with Gasteiger partial charge in [0.05, 0.1) is 30.4 Å². The Morgan fingerprint density at radius 1 is 0.968 bits per heavy atom. The largest absolute Gasteiger partial charge is 0.496 e. The molecule has 3 N–H and O–H groups in total. The van der Waals surface area contributed by atoms with Crippen LogP contribution in [0.2, 0.25) is 0 Å². The van der Waals surface area contributed by atoms with E-state index < -0.39 is 11.7 Å². The second-order valence-electron chi connectivity index (χ2n) is 6.57. The average Bonchev–Trinajstić information content (AvgIpc) is 2.80. The van der Waals surface area contributed by atoms with Crippen LogP contribution in [0.25, 0.3) is 22.4 Å². The van der Waals surface area contributed by atoms with Crippen LogP contribution in [-0.4, -0.2) is 28.0 Å². The zero-order valence-electron chi connectivity index (χ0n) is 16.5. The molecule has 0 aliphatic carbocycles. The number of pyridine rings is 3. The lowest BCUT2D eigenvalue weighted by atomic mass is 10.1. The van der Waals surface area contributed by atoms with Crippen molar-refractivity contribution >= 4 is 17.3 Å². The molecule has 1 amide bonds. The number of anilines is 2. The predicted molar refractivity (Wildman–Crippen MR) is 116 cm³/mol. The van der Waals surface area contributed by atoms with Crippen LogP contribution >= 0.6 is 0 Å². The lowest BCUT2D eigenvalue weighted by Gasteiger charge is -2.14. The number of hydrogen-bond donors (Lipinski definition) is 2. The summed E-state index contributed by atoms with van der Waals surface area (Å²) in [4.78, 5) is 25.6. The number of nitrogens with one attached hydrogen (secondary N) is 1. The van der Waals surface area contributed by atoms with Gasteiger partial charge < -0.3 is 15.8 Å². The van der Waals surface area contributed by atoms with Gasteiger partial charge in [0, 0.05) is 35.3 Å². The van der Waals surface area contributed by atoms with Crippen LogP contribution in [0, 0.1) is 5.82 Å². The van der Waals surface area contributed by atoms with E-state index in [1.807, 2.05) is 0 Å². The molecule has 0 aliphatic rings. The predicted octanol–water partition coefficient (Wildman–Crippen LogP) is 4.19. The normalized spacial score (nSPS) is 10.5. The number of carbonyl (C=O) groups is 1. The number of carbonyl (C=O) groups excluding carboxylic acids is 1. The van der Waals surface area contributed by atoms with Crippen molar-refractivity contribution in [1.82, 2.24) is 15.0 Å². The van der Waals surface area contributed by atoms with Crippen molar-refractivity contribution in [2.45, 2.75) is 0 Å². The van der Waals surface area contributed by atoms with Gasteiger partial charge >= 0.3 is 0 Å². The zero-order chi connectivity index (χ0) is 21.8. The summed E-state index contributed by atoms with van der Waals surface area (Å²) in [5.74, 6) is -0.395. The molecule has 0 saturated heterocycles. The number of rotatable bonds is 5. The highest BCUT2D eigenvalue weighted by molar-refractivity contribution is 6.08. The second-order valence-corrected chi connectivity index (χ2v) is 6.57. The molecule has 4 rings (SSSR count). The molecule has 0 radical (unpaired) electrons. The first-order chi connectivity index (χ1) is 15.1. The third-order valence-corrected chi connectivity index (χ3v) is 4.65. The maximum absolute atomic E-state index is 14.2. The molecular weight excluding hydrogens is 397 g/mol. The van der Waals surface area contributed by atoms with Gasteiger partial charge in [0.1, 0.15) is 11.6 Å². The van der Waals surface area contributed by atoms with Crippen LogP contribution in [0.1, 0.15) is 10.5 Å². The lowest BCUT2D eigenvalue weighted by Crippen LogP contribution is -2.17. The summed E-state index contributed by atoms with van der Waals surface area (Å²) < 4.78 is 19.6. The molecule has 0 bridgehead atoms. The van der Waals surface area contributed by atoms with E-state index in [0.717, 1.165) is 0 Å². The number of halogens is 1. The van der Waals surface area contributed by atoms with Gasteiger partial charge in [-0.05, 0) is 36.4 Å². The fourth-order valence-corrected chi connectivity index (χ4v) is 3.14. The Kier molecular flexibility index (Phi) is 5.53. The molecular formula is C23H18FN5O2. The monoisotopic (exact) mass is 415 g/mol. The van der Waals surface area contributed by atoms with E-state index in [1.165, 1.54) is 18.3 Å². The van der Waals surface area contributed by atoms with Crippen molar-refractivity contribution in [3.63, 3.8) is 0 Å². The molecule has 8 heteroatoms. The SMILES string of the molecule is COc1ccncc1-c1ccncc1NC(=O)c1nc(-c2ccccc2F)ccc1N. The third kappa shape index (κ3) is 4.04. The molecule has 0 unspecified atom stereocenters. The van der Waals surface area contributed by atoms with Gasteiger partial charge in [0.25, 0.3) is 5.91 Å². The molecule has 31 heavy (non-hydrogen) atoms. The van der Waals surface area contributed by atoms with Crippen molar-refractivity contribution in [3.05, 3.63) is 84.8 Å². The summed E-state index contributed by atoms with van der Waals surface area (Å²) in [6, 6.07) is 12.7. The van der Waals surface area contributed by atoms with Gasteiger partial charge in [0.2, 0.25) is 0 Å². The van der Waals surface area contributed by atoms with Crippen LogP contribution in [0.5, 0.6) is 5.75 Å². The van der Waals surface area contributed by atoms with E-state index >= 15 is 0 Å². The summed E-state index contributed by atoms with van der Waals surface area (Å²) in [6.45, 7) is 0. The minimum Gasteiger partial charge on any atom is -0.496 e. The fourth-order valence-electron chi connectivity index (χ4n) is 3.14. The van der Waals surface area contributed by atoms with Crippen molar-refractivity contribution in [2.24, 2.45) is 0 Å². The number of aromatic nitrogens is 3. The highest BCUT2D eigenvalue weighted by Crippen LogP contribution is 2.34. The first-order valence-electron chi connectivity index (χ1n) is 9.33. The number of nitrogens with zero attached hydrogens (tertiary/aromatic N) is 3. The Labute approximate surface area is 177 Å². The summed E-state index contributed by atoms with van der Waals surface area (Å²) in [5.41, 5.74) is 8.50. The third-order valence-electron chi connectivity index (χ3n) is 4.65. The number of amides is 1. The smallest absolute Gasteiger partial charge is 0.276 e. The van der Waals surface area contributed by atoms with Crippen LogP contribution in [0.3, 0.4) is 0 Å². The molecule has 154 valence electrons. The molecule has 1 aromatic carbocycles. The van der Waals surface area contributed by atoms with E-state index in [9.17, 15) is 9.18 Å². The number of nitrogens with two attached hydrogens (primary N) is 1. The maximum Gasteiger partial charge on any atom is 0.276 e. The minimum atomic E-state index is -0.548. The Balaban J connectivity index is 1.70.